The van der Waals surface area contributed by atoms with Gasteiger partial charge in [0.05, 0.1) is 18.7 Å². The van der Waals surface area contributed by atoms with Crippen molar-refractivity contribution in [2.45, 2.75) is 13.0 Å². The second kappa shape index (κ2) is 8.88. The van der Waals surface area contributed by atoms with E-state index in [0.717, 1.165) is 33.8 Å². The second-order valence-electron chi connectivity index (χ2n) is 7.61. The molecule has 1 N–H and O–H groups in total. The zero-order valence-corrected chi connectivity index (χ0v) is 19.0. The summed E-state index contributed by atoms with van der Waals surface area (Å²) in [5.74, 6) is 1.77. The van der Waals surface area contributed by atoms with Gasteiger partial charge < -0.3 is 14.6 Å². The number of benzene rings is 3. The van der Waals surface area contributed by atoms with Crippen molar-refractivity contribution < 1.29 is 9.26 Å². The summed E-state index contributed by atoms with van der Waals surface area (Å²) in [5, 5.41) is 8.33. The van der Waals surface area contributed by atoms with Gasteiger partial charge >= 0.3 is 0 Å². The molecule has 0 spiro atoms. The lowest BCUT2D eigenvalue weighted by Crippen LogP contribution is -2.46. The lowest BCUT2D eigenvalue weighted by atomic mass is 9.94. The highest BCUT2D eigenvalue weighted by atomic mass is 32.1. The van der Waals surface area contributed by atoms with Crippen LogP contribution in [0.5, 0.6) is 5.75 Å². The number of rotatable bonds is 5. The van der Waals surface area contributed by atoms with Crippen LogP contribution in [0.15, 0.2) is 95.1 Å². The number of hydrogen-bond donors (Lipinski definition) is 1. The van der Waals surface area contributed by atoms with Crippen LogP contribution in [0.2, 0.25) is 0 Å². The molecule has 33 heavy (non-hydrogen) atoms. The van der Waals surface area contributed by atoms with Gasteiger partial charge in [0, 0.05) is 16.9 Å². The van der Waals surface area contributed by atoms with Gasteiger partial charge in [-0.25, -0.2) is 0 Å². The van der Waals surface area contributed by atoms with Gasteiger partial charge in [0.25, 0.3) is 5.89 Å². The maximum atomic E-state index is 5.79. The number of allylic oxidation sites excluding steroid dienone is 1. The maximum absolute atomic E-state index is 5.79. The van der Waals surface area contributed by atoms with E-state index in [9.17, 15) is 0 Å². The molecular weight excluding hydrogens is 432 g/mol. The maximum Gasteiger partial charge on any atom is 0.258 e. The molecule has 1 aliphatic rings. The molecule has 1 atom stereocenters. The fourth-order valence-electron chi connectivity index (χ4n) is 3.99. The topological polar surface area (TPSA) is 63.4 Å². The smallest absolute Gasteiger partial charge is 0.258 e. The Kier molecular flexibility index (Phi) is 5.62. The molecule has 0 aliphatic carbocycles. The van der Waals surface area contributed by atoms with Gasteiger partial charge in [0.15, 0.2) is 5.11 Å². The van der Waals surface area contributed by atoms with Crippen molar-refractivity contribution in [2.24, 2.45) is 0 Å². The summed E-state index contributed by atoms with van der Waals surface area (Å²) in [5.41, 5.74) is 4.66. The van der Waals surface area contributed by atoms with E-state index < -0.39 is 0 Å². The minimum Gasteiger partial charge on any atom is -0.497 e. The molecule has 7 heteroatoms. The average Bonchev–Trinajstić information content (AvgIpc) is 3.35. The van der Waals surface area contributed by atoms with Crippen molar-refractivity contribution in [2.75, 3.05) is 12.0 Å². The summed E-state index contributed by atoms with van der Waals surface area (Å²) in [4.78, 5) is 6.74. The molecule has 0 saturated heterocycles. The third-order valence-electron chi connectivity index (χ3n) is 5.64. The zero-order valence-electron chi connectivity index (χ0n) is 18.2. The highest BCUT2D eigenvalue weighted by molar-refractivity contribution is 7.80. The standard InChI is InChI=1S/C26H22N4O2S/c1-17-22(25-28-24(29-32-25)19-9-5-3-6-10-19)23(18-13-15-21(31-2)16-14-18)27-26(33)30(17)20-11-7-4-8-12-20/h3-16,23H,1-2H3,(H,27,33). The molecule has 0 amide bonds. The van der Waals surface area contributed by atoms with E-state index in [0.29, 0.717) is 16.8 Å². The first kappa shape index (κ1) is 20.9. The summed E-state index contributed by atoms with van der Waals surface area (Å²) in [6.07, 6.45) is 0. The number of methoxy groups -OCH3 is 1. The zero-order chi connectivity index (χ0) is 22.8. The van der Waals surface area contributed by atoms with Crippen LogP contribution in [0.3, 0.4) is 0 Å². The largest absolute Gasteiger partial charge is 0.497 e. The lowest BCUT2D eigenvalue weighted by Gasteiger charge is -2.37. The van der Waals surface area contributed by atoms with Crippen LogP contribution >= 0.6 is 12.2 Å². The molecule has 0 fully saturated rings. The minimum atomic E-state index is -0.257. The van der Waals surface area contributed by atoms with Crippen LogP contribution in [0.4, 0.5) is 5.69 Å². The molecule has 5 rings (SSSR count). The number of ether oxygens (including phenoxy) is 1. The number of nitrogens with zero attached hydrogens (tertiary/aromatic N) is 3. The van der Waals surface area contributed by atoms with Gasteiger partial charge in [-0.1, -0.05) is 65.8 Å². The Bertz CT molecular complexity index is 1300. The van der Waals surface area contributed by atoms with Gasteiger partial charge in [-0.3, -0.25) is 4.90 Å². The molecule has 164 valence electrons. The summed E-state index contributed by atoms with van der Waals surface area (Å²) < 4.78 is 11.1. The van der Waals surface area contributed by atoms with E-state index >= 15 is 0 Å². The van der Waals surface area contributed by atoms with E-state index in [1.807, 2.05) is 96.8 Å². The molecule has 2 heterocycles. The highest BCUT2D eigenvalue weighted by Gasteiger charge is 2.34. The minimum absolute atomic E-state index is 0.257. The molecule has 6 nitrogen and oxygen atoms in total. The molecule has 0 bridgehead atoms. The first-order valence-corrected chi connectivity index (χ1v) is 11.0. The van der Waals surface area contributed by atoms with Crippen molar-refractivity contribution in [3.63, 3.8) is 0 Å². The Morgan fingerprint density at radius 2 is 1.61 bits per heavy atom. The number of para-hydroxylation sites is 1. The van der Waals surface area contributed by atoms with Gasteiger partial charge in [-0.05, 0) is 49.0 Å². The number of anilines is 1. The van der Waals surface area contributed by atoms with E-state index in [-0.39, 0.29) is 6.04 Å². The predicted molar refractivity (Wildman–Crippen MR) is 133 cm³/mol. The molecule has 1 unspecified atom stereocenters. The van der Waals surface area contributed by atoms with E-state index in [4.69, 9.17) is 26.5 Å². The monoisotopic (exact) mass is 454 g/mol. The van der Waals surface area contributed by atoms with Crippen LogP contribution in [-0.2, 0) is 0 Å². The molecule has 1 aliphatic heterocycles. The molecule has 0 radical (unpaired) electrons. The Labute approximate surface area is 197 Å². The van der Waals surface area contributed by atoms with Crippen molar-refractivity contribution >= 4 is 28.6 Å². The summed E-state index contributed by atoms with van der Waals surface area (Å²) in [7, 11) is 1.65. The van der Waals surface area contributed by atoms with Gasteiger partial charge in [-0.2, -0.15) is 4.98 Å². The fourth-order valence-corrected chi connectivity index (χ4v) is 4.35. The number of hydrogen-bond acceptors (Lipinski definition) is 5. The number of aromatic nitrogens is 2. The molecular formula is C26H22N4O2S. The van der Waals surface area contributed by atoms with Crippen LogP contribution in [0.1, 0.15) is 24.4 Å². The van der Waals surface area contributed by atoms with Crippen molar-refractivity contribution in [3.05, 3.63) is 102 Å². The molecule has 1 aromatic heterocycles. The third-order valence-corrected chi connectivity index (χ3v) is 5.94. The number of nitrogens with one attached hydrogen (secondary N) is 1. The van der Waals surface area contributed by atoms with Crippen LogP contribution < -0.4 is 15.0 Å². The van der Waals surface area contributed by atoms with Gasteiger partial charge in [0.1, 0.15) is 5.75 Å². The Morgan fingerprint density at radius 3 is 2.27 bits per heavy atom. The molecule has 3 aromatic carbocycles. The predicted octanol–water partition coefficient (Wildman–Crippen LogP) is 5.61. The quantitative estimate of drug-likeness (QED) is 0.393. The summed E-state index contributed by atoms with van der Waals surface area (Å²) >= 11 is 5.79. The highest BCUT2D eigenvalue weighted by Crippen LogP contribution is 2.39. The third kappa shape index (κ3) is 3.99. The SMILES string of the molecule is COc1ccc(C2NC(=S)N(c3ccccc3)C(C)=C2c2nc(-c3ccccc3)no2)cc1. The van der Waals surface area contributed by atoms with E-state index in [1.165, 1.54) is 0 Å². The van der Waals surface area contributed by atoms with E-state index in [1.54, 1.807) is 7.11 Å². The van der Waals surface area contributed by atoms with E-state index in [2.05, 4.69) is 10.5 Å². The first-order chi connectivity index (χ1) is 16.2. The Balaban J connectivity index is 1.64. The van der Waals surface area contributed by atoms with Crippen LogP contribution in [0, 0.1) is 0 Å². The first-order valence-electron chi connectivity index (χ1n) is 10.6. The lowest BCUT2D eigenvalue weighted by molar-refractivity contribution is 0.404. The second-order valence-corrected chi connectivity index (χ2v) is 8.00. The van der Waals surface area contributed by atoms with Crippen molar-refractivity contribution in [1.29, 1.82) is 0 Å². The van der Waals surface area contributed by atoms with Crippen LogP contribution in [-0.4, -0.2) is 22.4 Å². The van der Waals surface area contributed by atoms with Crippen LogP contribution in [0.25, 0.3) is 17.0 Å². The summed E-state index contributed by atoms with van der Waals surface area (Å²) in [6.45, 7) is 2.03. The summed E-state index contributed by atoms with van der Waals surface area (Å²) in [6, 6.07) is 27.4. The fraction of sp³-hybridized carbons (Fsp3) is 0.115. The molecule has 4 aromatic rings. The van der Waals surface area contributed by atoms with Crippen molar-refractivity contribution in [3.8, 4) is 17.1 Å². The average molecular weight is 455 g/mol. The number of thiocarbonyl (C=S) groups is 1. The Morgan fingerprint density at radius 1 is 0.939 bits per heavy atom. The normalized spacial score (nSPS) is 16.0. The van der Waals surface area contributed by atoms with Gasteiger partial charge in [0.2, 0.25) is 5.82 Å². The molecule has 0 saturated carbocycles. The van der Waals surface area contributed by atoms with Gasteiger partial charge in [-0.15, -0.1) is 0 Å². The Hall–Kier alpha value is -3.97. The van der Waals surface area contributed by atoms with Crippen molar-refractivity contribution in [1.82, 2.24) is 15.5 Å².